The number of carbonyl (C=O) groups excluding carboxylic acids is 1. The number of nitrogens with zero attached hydrogens (tertiary/aromatic N) is 1. The number of hydrogen-bond donors (Lipinski definition) is 2. The van der Waals surface area contributed by atoms with Gasteiger partial charge in [-0.2, -0.15) is 0 Å². The molecule has 0 saturated heterocycles. The van der Waals surface area contributed by atoms with Gasteiger partial charge in [0.15, 0.2) is 5.82 Å². The molecule has 114 valence electrons. The van der Waals surface area contributed by atoms with Crippen molar-refractivity contribution < 1.29 is 19.1 Å². The molecule has 6 heteroatoms. The Kier molecular flexibility index (Phi) is 4.88. The van der Waals surface area contributed by atoms with Gasteiger partial charge in [-0.25, -0.2) is 4.39 Å². The molecule has 0 aliphatic heterocycles. The number of halogens is 1. The van der Waals surface area contributed by atoms with E-state index < -0.39 is 23.1 Å². The molecular formula is C15H19FN2O3. The maximum absolute atomic E-state index is 13.5. The number of carboxylic acids is 1. The van der Waals surface area contributed by atoms with Crippen LogP contribution in [0.15, 0.2) is 18.5 Å². The fourth-order valence-electron chi connectivity index (χ4n) is 2.78. The second-order valence-corrected chi connectivity index (χ2v) is 5.54. The van der Waals surface area contributed by atoms with E-state index in [2.05, 4.69) is 10.3 Å². The number of pyridine rings is 1. The molecule has 1 aromatic rings. The van der Waals surface area contributed by atoms with Crippen molar-refractivity contribution in [1.82, 2.24) is 10.3 Å². The predicted molar refractivity (Wildman–Crippen MR) is 74.3 cm³/mol. The Balaban J connectivity index is 2.07. The summed E-state index contributed by atoms with van der Waals surface area (Å²) < 4.78 is 13.5. The first-order chi connectivity index (χ1) is 10.1. The Hall–Kier alpha value is -1.98. The zero-order valence-corrected chi connectivity index (χ0v) is 11.8. The van der Waals surface area contributed by atoms with E-state index in [1.807, 2.05) is 0 Å². The number of rotatable bonds is 4. The lowest BCUT2D eigenvalue weighted by atomic mass is 9.80. The molecule has 0 radical (unpaired) electrons. The summed E-state index contributed by atoms with van der Waals surface area (Å²) in [4.78, 5) is 27.2. The van der Waals surface area contributed by atoms with E-state index in [4.69, 9.17) is 0 Å². The summed E-state index contributed by atoms with van der Waals surface area (Å²) >= 11 is 0. The molecule has 1 aliphatic rings. The van der Waals surface area contributed by atoms with Crippen molar-refractivity contribution in [1.29, 1.82) is 0 Å². The number of carbonyl (C=O) groups is 2. The van der Waals surface area contributed by atoms with Crippen molar-refractivity contribution in [3.8, 4) is 0 Å². The fourth-order valence-corrected chi connectivity index (χ4v) is 2.78. The first-order valence-corrected chi connectivity index (χ1v) is 7.16. The Labute approximate surface area is 122 Å². The van der Waals surface area contributed by atoms with Crippen molar-refractivity contribution in [2.45, 2.75) is 38.5 Å². The summed E-state index contributed by atoms with van der Waals surface area (Å²) in [6.07, 6.45) is 7.09. The van der Waals surface area contributed by atoms with Gasteiger partial charge in [-0.05, 0) is 18.9 Å². The van der Waals surface area contributed by atoms with Gasteiger partial charge in [-0.1, -0.05) is 25.7 Å². The van der Waals surface area contributed by atoms with Crippen molar-refractivity contribution >= 4 is 11.9 Å². The molecular weight excluding hydrogens is 275 g/mol. The van der Waals surface area contributed by atoms with Crippen LogP contribution in [-0.4, -0.2) is 28.5 Å². The molecule has 1 aliphatic carbocycles. The van der Waals surface area contributed by atoms with Crippen LogP contribution in [0.4, 0.5) is 4.39 Å². The molecule has 0 unspecified atom stereocenters. The smallest absolute Gasteiger partial charge is 0.311 e. The first-order valence-electron chi connectivity index (χ1n) is 7.16. The van der Waals surface area contributed by atoms with Gasteiger partial charge in [-0.15, -0.1) is 0 Å². The summed E-state index contributed by atoms with van der Waals surface area (Å²) in [7, 11) is 0. The summed E-state index contributed by atoms with van der Waals surface area (Å²) in [6, 6.07) is 1.28. The number of aliphatic carboxylic acids is 1. The molecule has 5 nitrogen and oxygen atoms in total. The van der Waals surface area contributed by atoms with Gasteiger partial charge in [0.1, 0.15) is 0 Å². The molecule has 0 atom stereocenters. The van der Waals surface area contributed by atoms with Crippen LogP contribution in [0.2, 0.25) is 0 Å². The second-order valence-electron chi connectivity index (χ2n) is 5.54. The standard InChI is InChI=1S/C15H19FN2O3/c16-12-9-17-8-5-11(12)13(19)18-10-15(14(20)21)6-3-1-2-4-7-15/h5,8-9H,1-4,6-7,10H2,(H,18,19)(H,20,21). The molecule has 1 aromatic heterocycles. The Morgan fingerprint density at radius 3 is 2.52 bits per heavy atom. The highest BCUT2D eigenvalue weighted by molar-refractivity contribution is 5.94. The molecule has 0 aromatic carbocycles. The highest BCUT2D eigenvalue weighted by Gasteiger charge is 2.39. The third kappa shape index (κ3) is 3.56. The molecule has 0 bridgehead atoms. The number of aromatic nitrogens is 1. The minimum atomic E-state index is -0.935. The Morgan fingerprint density at radius 2 is 1.95 bits per heavy atom. The first kappa shape index (κ1) is 15.4. The van der Waals surface area contributed by atoms with E-state index in [0.717, 1.165) is 31.9 Å². The van der Waals surface area contributed by atoms with Gasteiger partial charge in [0.2, 0.25) is 0 Å². The van der Waals surface area contributed by atoms with Crippen LogP contribution < -0.4 is 5.32 Å². The van der Waals surface area contributed by atoms with Gasteiger partial charge >= 0.3 is 5.97 Å². The molecule has 0 spiro atoms. The third-order valence-corrected chi connectivity index (χ3v) is 4.12. The third-order valence-electron chi connectivity index (χ3n) is 4.12. The number of hydrogen-bond acceptors (Lipinski definition) is 3. The van der Waals surface area contributed by atoms with Crippen LogP contribution in [0.1, 0.15) is 48.9 Å². The molecule has 1 amide bonds. The minimum absolute atomic E-state index is 0.0307. The maximum atomic E-state index is 13.5. The highest BCUT2D eigenvalue weighted by atomic mass is 19.1. The predicted octanol–water partition coefficient (Wildman–Crippen LogP) is 2.38. The zero-order valence-electron chi connectivity index (χ0n) is 11.8. The SMILES string of the molecule is O=C(NCC1(C(=O)O)CCCCCC1)c1ccncc1F. The molecule has 2 N–H and O–H groups in total. The maximum Gasteiger partial charge on any atom is 0.311 e. The molecule has 2 rings (SSSR count). The van der Waals surface area contributed by atoms with E-state index in [-0.39, 0.29) is 12.1 Å². The van der Waals surface area contributed by atoms with Crippen LogP contribution in [-0.2, 0) is 4.79 Å². The van der Waals surface area contributed by atoms with E-state index in [1.165, 1.54) is 12.3 Å². The largest absolute Gasteiger partial charge is 0.481 e. The van der Waals surface area contributed by atoms with Gasteiger partial charge < -0.3 is 10.4 Å². The second kappa shape index (κ2) is 6.65. The molecule has 1 fully saturated rings. The van der Waals surface area contributed by atoms with E-state index >= 15 is 0 Å². The van der Waals surface area contributed by atoms with Crippen molar-refractivity contribution in [2.75, 3.05) is 6.54 Å². The average molecular weight is 294 g/mol. The quantitative estimate of drug-likeness (QED) is 0.836. The van der Waals surface area contributed by atoms with E-state index in [1.54, 1.807) is 0 Å². The Morgan fingerprint density at radius 1 is 1.29 bits per heavy atom. The lowest BCUT2D eigenvalue weighted by Crippen LogP contribution is -2.43. The summed E-state index contributed by atoms with van der Waals surface area (Å²) in [5, 5.41) is 12.1. The van der Waals surface area contributed by atoms with Crippen molar-refractivity contribution in [3.63, 3.8) is 0 Å². The molecule has 1 saturated carbocycles. The Bertz CT molecular complexity index is 525. The summed E-state index contributed by atoms with van der Waals surface area (Å²) in [5.74, 6) is -2.19. The lowest BCUT2D eigenvalue weighted by Gasteiger charge is -2.28. The average Bonchev–Trinajstić information content (AvgIpc) is 2.72. The monoisotopic (exact) mass is 294 g/mol. The topological polar surface area (TPSA) is 79.3 Å². The molecule has 21 heavy (non-hydrogen) atoms. The van der Waals surface area contributed by atoms with Gasteiger partial charge in [0.05, 0.1) is 17.2 Å². The van der Waals surface area contributed by atoms with Gasteiger partial charge in [-0.3, -0.25) is 14.6 Å². The van der Waals surface area contributed by atoms with Crippen LogP contribution in [0.3, 0.4) is 0 Å². The lowest BCUT2D eigenvalue weighted by molar-refractivity contribution is -0.149. The van der Waals surface area contributed by atoms with Crippen molar-refractivity contribution in [3.05, 3.63) is 29.8 Å². The minimum Gasteiger partial charge on any atom is -0.481 e. The van der Waals surface area contributed by atoms with Crippen molar-refractivity contribution in [2.24, 2.45) is 5.41 Å². The number of amides is 1. The van der Waals surface area contributed by atoms with E-state index in [9.17, 15) is 19.1 Å². The van der Waals surface area contributed by atoms with Crippen LogP contribution in [0.25, 0.3) is 0 Å². The van der Waals surface area contributed by atoms with Crippen LogP contribution >= 0.6 is 0 Å². The summed E-state index contributed by atoms with van der Waals surface area (Å²) in [5.41, 5.74) is -1.05. The summed E-state index contributed by atoms with van der Waals surface area (Å²) in [6.45, 7) is 0.0307. The van der Waals surface area contributed by atoms with Crippen LogP contribution in [0, 0.1) is 11.2 Å². The zero-order chi connectivity index (χ0) is 15.3. The fraction of sp³-hybridized carbons (Fsp3) is 0.533. The van der Waals surface area contributed by atoms with Crippen LogP contribution in [0.5, 0.6) is 0 Å². The number of nitrogens with one attached hydrogen (secondary N) is 1. The van der Waals surface area contributed by atoms with E-state index in [0.29, 0.717) is 12.8 Å². The number of carboxylic acid groups (broad SMARTS) is 1. The highest BCUT2D eigenvalue weighted by Crippen LogP contribution is 2.34. The molecule has 1 heterocycles. The van der Waals surface area contributed by atoms with Gasteiger partial charge in [0.25, 0.3) is 5.91 Å². The van der Waals surface area contributed by atoms with Gasteiger partial charge in [0, 0.05) is 12.7 Å². The normalized spacial score (nSPS) is 17.8.